The number of fused-ring (bicyclic) bond motifs is 1. The largest absolute Gasteiger partial charge is 0.393 e. The number of anilines is 4. The van der Waals surface area contributed by atoms with E-state index in [0.29, 0.717) is 11.4 Å². The highest BCUT2D eigenvalue weighted by Gasteiger charge is 2.12. The van der Waals surface area contributed by atoms with Crippen molar-refractivity contribution in [3.05, 3.63) is 72.4 Å². The molecule has 144 valence electrons. The van der Waals surface area contributed by atoms with Crippen molar-refractivity contribution in [2.24, 2.45) is 0 Å². The number of nitrogens with one attached hydrogen (secondary N) is 3. The number of hydrogen-bond acceptors (Lipinski definition) is 8. The van der Waals surface area contributed by atoms with E-state index in [1.165, 1.54) is 12.5 Å². The molecule has 0 aliphatic carbocycles. The molecule has 3 aromatic heterocycles. The van der Waals surface area contributed by atoms with Crippen molar-refractivity contribution >= 4 is 39.8 Å². The fourth-order valence-corrected chi connectivity index (χ4v) is 2.77. The van der Waals surface area contributed by atoms with Crippen LogP contribution in [0.3, 0.4) is 0 Å². The number of hydrazine groups is 1. The molecule has 3 heterocycles. The Labute approximate surface area is 166 Å². The summed E-state index contributed by atoms with van der Waals surface area (Å²) < 4.78 is 0. The number of nitrogen functional groups attached to an aromatic ring is 1. The van der Waals surface area contributed by atoms with Crippen LogP contribution in [0, 0.1) is 6.92 Å². The van der Waals surface area contributed by atoms with Gasteiger partial charge in [0, 0.05) is 29.2 Å². The summed E-state index contributed by atoms with van der Waals surface area (Å²) in [5.74, 6) is 0.321. The quantitative estimate of drug-likeness (QED) is 0.385. The van der Waals surface area contributed by atoms with Crippen LogP contribution in [0.5, 0.6) is 0 Å². The minimum atomic E-state index is -0.360. The van der Waals surface area contributed by atoms with Crippen LogP contribution in [0.1, 0.15) is 16.1 Å². The van der Waals surface area contributed by atoms with E-state index in [-0.39, 0.29) is 17.4 Å². The lowest BCUT2D eigenvalue weighted by atomic mass is 10.1. The van der Waals surface area contributed by atoms with E-state index < -0.39 is 0 Å². The van der Waals surface area contributed by atoms with Crippen LogP contribution in [0.25, 0.3) is 10.9 Å². The first-order chi connectivity index (χ1) is 14.1. The second kappa shape index (κ2) is 7.77. The van der Waals surface area contributed by atoms with Gasteiger partial charge >= 0.3 is 0 Å². The third-order valence-corrected chi connectivity index (χ3v) is 4.23. The minimum Gasteiger partial charge on any atom is -0.393 e. The van der Waals surface area contributed by atoms with Crippen molar-refractivity contribution in [3.63, 3.8) is 0 Å². The number of benzene rings is 1. The Morgan fingerprint density at radius 3 is 2.72 bits per heavy atom. The first kappa shape index (κ1) is 18.1. The molecule has 5 N–H and O–H groups in total. The maximum Gasteiger partial charge on any atom is 0.271 e. The van der Waals surface area contributed by atoms with Crippen molar-refractivity contribution in [3.8, 4) is 0 Å². The number of nitrogens with two attached hydrogens (primary N) is 1. The summed E-state index contributed by atoms with van der Waals surface area (Å²) in [5.41, 5.74) is 14.7. The second-order valence-corrected chi connectivity index (χ2v) is 6.26. The van der Waals surface area contributed by atoms with E-state index in [0.717, 1.165) is 22.3 Å². The zero-order valence-electron chi connectivity index (χ0n) is 15.5. The van der Waals surface area contributed by atoms with Crippen LogP contribution in [0.2, 0.25) is 0 Å². The first-order valence-corrected chi connectivity index (χ1v) is 8.82. The van der Waals surface area contributed by atoms with Gasteiger partial charge < -0.3 is 11.1 Å². The average molecular weight is 386 g/mol. The van der Waals surface area contributed by atoms with Crippen LogP contribution < -0.4 is 21.9 Å². The van der Waals surface area contributed by atoms with E-state index in [1.807, 2.05) is 37.3 Å². The summed E-state index contributed by atoms with van der Waals surface area (Å²) in [5, 5.41) is 4.16. The number of aromatic nitrogens is 4. The highest BCUT2D eigenvalue weighted by atomic mass is 16.2. The predicted octanol–water partition coefficient (Wildman–Crippen LogP) is 2.81. The van der Waals surface area contributed by atoms with Crippen molar-refractivity contribution in [1.82, 2.24) is 25.4 Å². The van der Waals surface area contributed by atoms with Crippen molar-refractivity contribution in [1.29, 1.82) is 0 Å². The first-order valence-electron chi connectivity index (χ1n) is 8.82. The third-order valence-electron chi connectivity index (χ3n) is 4.23. The molecule has 0 aliphatic rings. The molecule has 29 heavy (non-hydrogen) atoms. The third kappa shape index (κ3) is 3.88. The molecular formula is C20H18N8O. The topological polar surface area (TPSA) is 131 Å². The van der Waals surface area contributed by atoms with Gasteiger partial charge in [-0.15, -0.1) is 0 Å². The fourth-order valence-electron chi connectivity index (χ4n) is 2.77. The highest BCUT2D eigenvalue weighted by Crippen LogP contribution is 2.29. The van der Waals surface area contributed by atoms with E-state index in [9.17, 15) is 4.79 Å². The Morgan fingerprint density at radius 2 is 1.90 bits per heavy atom. The number of carbonyl (C=O) groups is 1. The van der Waals surface area contributed by atoms with Crippen LogP contribution in [-0.4, -0.2) is 25.8 Å². The molecule has 0 atom stereocenters. The van der Waals surface area contributed by atoms with Crippen molar-refractivity contribution in [2.45, 2.75) is 6.92 Å². The molecule has 0 aliphatic heterocycles. The molecule has 1 amide bonds. The Balaban J connectivity index is 1.55. The van der Waals surface area contributed by atoms with Gasteiger partial charge in [0.25, 0.3) is 5.91 Å². The van der Waals surface area contributed by atoms with Gasteiger partial charge in [-0.2, -0.15) is 0 Å². The SMILES string of the molecule is Cc1ccc2c(Nc3ncnc(NNC(=O)c4cccnc4)c3N)cccc2n1. The van der Waals surface area contributed by atoms with Gasteiger partial charge in [0.05, 0.1) is 11.1 Å². The number of pyridine rings is 2. The standard InChI is InChI=1S/C20H18N8O/c1-12-7-8-14-15(25-12)5-2-6-16(14)26-18-17(21)19(24-11-23-18)27-28-20(29)13-4-3-9-22-10-13/h2-11H,21H2,1H3,(H,28,29)(H2,23,24,26,27). The van der Waals surface area contributed by atoms with Crippen LogP contribution in [-0.2, 0) is 0 Å². The van der Waals surface area contributed by atoms with E-state index in [4.69, 9.17) is 5.73 Å². The van der Waals surface area contributed by atoms with Gasteiger partial charge in [-0.05, 0) is 43.3 Å². The van der Waals surface area contributed by atoms with Crippen molar-refractivity contribution < 1.29 is 4.79 Å². The highest BCUT2D eigenvalue weighted by molar-refractivity contribution is 5.96. The number of hydrogen-bond donors (Lipinski definition) is 4. The summed E-state index contributed by atoms with van der Waals surface area (Å²) in [7, 11) is 0. The Bertz CT molecular complexity index is 1180. The van der Waals surface area contributed by atoms with Gasteiger partial charge in [0.2, 0.25) is 0 Å². The van der Waals surface area contributed by atoms with Crippen LogP contribution in [0.15, 0.2) is 61.2 Å². The zero-order chi connectivity index (χ0) is 20.2. The smallest absolute Gasteiger partial charge is 0.271 e. The summed E-state index contributed by atoms with van der Waals surface area (Å²) in [4.78, 5) is 28.9. The Hall–Kier alpha value is -4.27. The molecule has 0 unspecified atom stereocenters. The number of aryl methyl sites for hydroxylation is 1. The summed E-state index contributed by atoms with van der Waals surface area (Å²) in [6.45, 7) is 1.94. The van der Waals surface area contributed by atoms with Crippen LogP contribution in [0.4, 0.5) is 23.0 Å². The second-order valence-electron chi connectivity index (χ2n) is 6.26. The Morgan fingerprint density at radius 1 is 1.03 bits per heavy atom. The van der Waals surface area contributed by atoms with E-state index in [1.54, 1.807) is 18.3 Å². The molecule has 0 bridgehead atoms. The zero-order valence-corrected chi connectivity index (χ0v) is 15.5. The molecule has 4 rings (SSSR count). The number of nitrogens with zero attached hydrogens (tertiary/aromatic N) is 4. The van der Waals surface area contributed by atoms with Gasteiger partial charge in [0.1, 0.15) is 12.0 Å². The lowest BCUT2D eigenvalue weighted by molar-refractivity contribution is 0.0962. The molecule has 0 saturated carbocycles. The number of carbonyl (C=O) groups excluding carboxylic acids is 1. The predicted molar refractivity (Wildman–Crippen MR) is 112 cm³/mol. The van der Waals surface area contributed by atoms with E-state index in [2.05, 4.69) is 36.1 Å². The molecule has 4 aromatic rings. The molecule has 0 saturated heterocycles. The normalized spacial score (nSPS) is 10.5. The molecule has 9 heteroatoms. The van der Waals surface area contributed by atoms with Crippen molar-refractivity contribution in [2.75, 3.05) is 16.5 Å². The number of amides is 1. The Kier molecular flexibility index (Phi) is 4.85. The monoisotopic (exact) mass is 386 g/mol. The maximum absolute atomic E-state index is 12.2. The van der Waals surface area contributed by atoms with Gasteiger partial charge in [-0.3, -0.25) is 25.6 Å². The molecule has 0 radical (unpaired) electrons. The molecule has 1 aromatic carbocycles. The molecular weight excluding hydrogens is 368 g/mol. The lowest BCUT2D eigenvalue weighted by Crippen LogP contribution is -2.30. The van der Waals surface area contributed by atoms with Gasteiger partial charge in [0.15, 0.2) is 11.6 Å². The lowest BCUT2D eigenvalue weighted by Gasteiger charge is -2.14. The summed E-state index contributed by atoms with van der Waals surface area (Å²) in [6, 6.07) is 13.0. The van der Waals surface area contributed by atoms with Crippen LogP contribution >= 0.6 is 0 Å². The molecule has 0 spiro atoms. The average Bonchev–Trinajstić information content (AvgIpc) is 2.74. The fraction of sp³-hybridized carbons (Fsp3) is 0.0500. The summed E-state index contributed by atoms with van der Waals surface area (Å²) in [6.07, 6.45) is 4.41. The molecule has 0 fully saturated rings. The summed E-state index contributed by atoms with van der Waals surface area (Å²) >= 11 is 0. The number of rotatable bonds is 5. The minimum absolute atomic E-state index is 0.260. The maximum atomic E-state index is 12.2. The molecule has 9 nitrogen and oxygen atoms in total. The van der Waals surface area contributed by atoms with Gasteiger partial charge in [-0.1, -0.05) is 6.07 Å². The van der Waals surface area contributed by atoms with Gasteiger partial charge in [-0.25, -0.2) is 9.97 Å². The van der Waals surface area contributed by atoms with E-state index >= 15 is 0 Å².